The maximum Gasteiger partial charge on any atom is 0.125 e. The van der Waals surface area contributed by atoms with Gasteiger partial charge >= 0.3 is 0 Å². The smallest absolute Gasteiger partial charge is 0.125 e. The number of halogens is 2. The molecule has 1 nitrogen and oxygen atoms in total. The van der Waals surface area contributed by atoms with E-state index in [1.807, 2.05) is 6.07 Å². The monoisotopic (exact) mass is 187 g/mol. The quantitative estimate of drug-likeness (QED) is 0.659. The Morgan fingerprint density at radius 2 is 2.25 bits per heavy atom. The van der Waals surface area contributed by atoms with E-state index in [-0.39, 0.29) is 18.2 Å². The van der Waals surface area contributed by atoms with Crippen molar-refractivity contribution >= 4 is 18.1 Å². The van der Waals surface area contributed by atoms with Gasteiger partial charge in [-0.1, -0.05) is 13.0 Å². The van der Waals surface area contributed by atoms with Crippen molar-refractivity contribution in [1.29, 1.82) is 0 Å². The molecule has 0 saturated heterocycles. The van der Waals surface area contributed by atoms with Crippen LogP contribution in [0, 0.1) is 5.82 Å². The molecule has 3 heteroatoms. The summed E-state index contributed by atoms with van der Waals surface area (Å²) < 4.78 is 12.6. The van der Waals surface area contributed by atoms with Crippen LogP contribution >= 0.6 is 12.4 Å². The molecule has 1 heterocycles. The van der Waals surface area contributed by atoms with E-state index in [9.17, 15) is 4.39 Å². The van der Waals surface area contributed by atoms with Crippen molar-refractivity contribution < 1.29 is 4.39 Å². The van der Waals surface area contributed by atoms with Crippen LogP contribution in [0.1, 0.15) is 18.4 Å². The van der Waals surface area contributed by atoms with Crippen molar-refractivity contribution in [3.63, 3.8) is 0 Å². The van der Waals surface area contributed by atoms with E-state index in [4.69, 9.17) is 0 Å². The zero-order valence-electron chi connectivity index (χ0n) is 6.80. The van der Waals surface area contributed by atoms with Gasteiger partial charge < -0.3 is 5.32 Å². The van der Waals surface area contributed by atoms with Gasteiger partial charge in [0.05, 0.1) is 0 Å². The minimum Gasteiger partial charge on any atom is -0.384 e. The predicted octanol–water partition coefficient (Wildman–Crippen LogP) is 2.78. The molecule has 0 aliphatic carbocycles. The van der Waals surface area contributed by atoms with Crippen LogP contribution in [0.5, 0.6) is 0 Å². The Bertz CT molecular complexity index is 288. The van der Waals surface area contributed by atoms with Gasteiger partial charge in [-0.2, -0.15) is 0 Å². The summed E-state index contributed by atoms with van der Waals surface area (Å²) >= 11 is 0. The summed E-state index contributed by atoms with van der Waals surface area (Å²) in [4.78, 5) is 0. The molecule has 0 saturated carbocycles. The molecule has 12 heavy (non-hydrogen) atoms. The molecule has 1 aromatic carbocycles. The lowest BCUT2D eigenvalue weighted by Crippen LogP contribution is -1.95. The van der Waals surface area contributed by atoms with Crippen LogP contribution in [0.2, 0.25) is 0 Å². The lowest BCUT2D eigenvalue weighted by Gasteiger charge is -2.00. The van der Waals surface area contributed by atoms with Crippen LogP contribution in [0.4, 0.5) is 10.1 Å². The molecular weight excluding hydrogens is 177 g/mol. The van der Waals surface area contributed by atoms with Gasteiger partial charge in [-0.25, -0.2) is 4.39 Å². The van der Waals surface area contributed by atoms with E-state index in [1.54, 1.807) is 6.07 Å². The van der Waals surface area contributed by atoms with Crippen molar-refractivity contribution in [2.45, 2.75) is 12.8 Å². The minimum atomic E-state index is -0.162. The lowest BCUT2D eigenvalue weighted by atomic mass is 10.0. The Kier molecular flexibility index (Phi) is 2.58. The Balaban J connectivity index is 0.000000720. The van der Waals surface area contributed by atoms with Crippen molar-refractivity contribution in [2.75, 3.05) is 11.9 Å². The van der Waals surface area contributed by atoms with Crippen LogP contribution in [-0.4, -0.2) is 6.54 Å². The van der Waals surface area contributed by atoms with Gasteiger partial charge in [0.25, 0.3) is 0 Å². The Morgan fingerprint density at radius 3 is 3.00 bits per heavy atom. The van der Waals surface area contributed by atoms with Gasteiger partial charge in [-0.15, -0.1) is 12.4 Å². The highest BCUT2D eigenvalue weighted by molar-refractivity contribution is 5.85. The number of fused-ring (bicyclic) bond motifs is 1. The largest absolute Gasteiger partial charge is 0.384 e. The van der Waals surface area contributed by atoms with Crippen molar-refractivity contribution in [3.8, 4) is 0 Å². The molecule has 0 fully saturated rings. The Morgan fingerprint density at radius 1 is 1.50 bits per heavy atom. The van der Waals surface area contributed by atoms with Crippen LogP contribution < -0.4 is 5.32 Å². The van der Waals surface area contributed by atoms with Crippen molar-refractivity contribution in [3.05, 3.63) is 29.6 Å². The van der Waals surface area contributed by atoms with Gasteiger partial charge in [-0.05, 0) is 17.7 Å². The average Bonchev–Trinajstić information content (AvgIpc) is 2.32. The SMILES string of the molecule is CC1CNc2cc(F)ccc21.Cl. The molecule has 1 aromatic rings. The zero-order valence-corrected chi connectivity index (χ0v) is 7.62. The first-order valence-corrected chi connectivity index (χ1v) is 3.80. The molecule has 1 N–H and O–H groups in total. The fourth-order valence-electron chi connectivity index (χ4n) is 1.48. The highest BCUT2D eigenvalue weighted by Crippen LogP contribution is 2.30. The summed E-state index contributed by atoms with van der Waals surface area (Å²) in [5.41, 5.74) is 2.18. The normalized spacial score (nSPS) is 19.3. The van der Waals surface area contributed by atoms with Crippen LogP contribution in [-0.2, 0) is 0 Å². The number of benzene rings is 1. The summed E-state index contributed by atoms with van der Waals surface area (Å²) in [6.45, 7) is 3.07. The topological polar surface area (TPSA) is 12.0 Å². The summed E-state index contributed by atoms with van der Waals surface area (Å²) in [5, 5.41) is 3.15. The number of anilines is 1. The molecule has 0 radical (unpaired) electrons. The maximum absolute atomic E-state index is 12.6. The summed E-state index contributed by atoms with van der Waals surface area (Å²) in [7, 11) is 0. The molecule has 0 bridgehead atoms. The highest BCUT2D eigenvalue weighted by atomic mass is 35.5. The van der Waals surface area contributed by atoms with Gasteiger partial charge in [0.15, 0.2) is 0 Å². The Hall–Kier alpha value is -0.760. The second kappa shape index (κ2) is 3.31. The molecule has 0 spiro atoms. The van der Waals surface area contributed by atoms with Crippen molar-refractivity contribution in [1.82, 2.24) is 0 Å². The van der Waals surface area contributed by atoms with Gasteiger partial charge in [0, 0.05) is 18.2 Å². The van der Waals surface area contributed by atoms with E-state index < -0.39 is 0 Å². The summed E-state index contributed by atoms with van der Waals surface area (Å²) in [5.74, 6) is 0.357. The van der Waals surface area contributed by atoms with E-state index in [0.717, 1.165) is 12.2 Å². The van der Waals surface area contributed by atoms with E-state index in [2.05, 4.69) is 12.2 Å². The van der Waals surface area contributed by atoms with Gasteiger partial charge in [-0.3, -0.25) is 0 Å². The molecule has 1 aliphatic heterocycles. The zero-order chi connectivity index (χ0) is 7.84. The van der Waals surface area contributed by atoms with Crippen LogP contribution in [0.25, 0.3) is 0 Å². The molecule has 1 atom stereocenters. The fourth-order valence-corrected chi connectivity index (χ4v) is 1.48. The molecule has 66 valence electrons. The molecule has 1 aliphatic rings. The van der Waals surface area contributed by atoms with Gasteiger partial charge in [0.1, 0.15) is 5.82 Å². The third-order valence-electron chi connectivity index (χ3n) is 2.14. The lowest BCUT2D eigenvalue weighted by molar-refractivity contribution is 0.628. The van der Waals surface area contributed by atoms with Crippen LogP contribution in [0.15, 0.2) is 18.2 Å². The first-order chi connectivity index (χ1) is 5.27. The first kappa shape index (κ1) is 9.33. The molecule has 0 amide bonds. The van der Waals surface area contributed by atoms with E-state index in [1.165, 1.54) is 11.6 Å². The summed E-state index contributed by atoms with van der Waals surface area (Å²) in [6, 6.07) is 4.93. The number of rotatable bonds is 0. The second-order valence-corrected chi connectivity index (χ2v) is 3.01. The second-order valence-electron chi connectivity index (χ2n) is 3.01. The van der Waals surface area contributed by atoms with Gasteiger partial charge in [0.2, 0.25) is 0 Å². The first-order valence-electron chi connectivity index (χ1n) is 3.80. The fraction of sp³-hybridized carbons (Fsp3) is 0.333. The summed E-state index contributed by atoms with van der Waals surface area (Å²) in [6.07, 6.45) is 0. The highest BCUT2D eigenvalue weighted by Gasteiger charge is 2.17. The van der Waals surface area contributed by atoms with E-state index in [0.29, 0.717) is 5.92 Å². The standard InChI is InChI=1S/C9H10FN.ClH/c1-6-5-11-9-4-7(10)2-3-8(6)9;/h2-4,6,11H,5H2,1H3;1H. The predicted molar refractivity (Wildman–Crippen MR) is 50.6 cm³/mol. The minimum absolute atomic E-state index is 0. The van der Waals surface area contributed by atoms with Crippen LogP contribution in [0.3, 0.4) is 0 Å². The average molecular weight is 188 g/mol. The maximum atomic E-state index is 12.6. The molecular formula is C9H11ClFN. The third kappa shape index (κ3) is 1.39. The number of hydrogen-bond donors (Lipinski definition) is 1. The van der Waals surface area contributed by atoms with E-state index >= 15 is 0 Å². The van der Waals surface area contributed by atoms with Crippen molar-refractivity contribution in [2.24, 2.45) is 0 Å². The molecule has 1 unspecified atom stereocenters. The molecule has 2 rings (SSSR count). The number of nitrogens with one attached hydrogen (secondary N) is 1. The molecule has 0 aromatic heterocycles. The third-order valence-corrected chi connectivity index (χ3v) is 2.14. The number of hydrogen-bond acceptors (Lipinski definition) is 1. The Labute approximate surface area is 77.4 Å².